The van der Waals surface area contributed by atoms with Crippen LogP contribution in [0.15, 0.2) is 0 Å². The molecule has 1 aromatic heterocycles. The summed E-state index contributed by atoms with van der Waals surface area (Å²) in [5.41, 5.74) is 5.51. The van der Waals surface area contributed by atoms with Gasteiger partial charge in [-0.1, -0.05) is 0 Å². The van der Waals surface area contributed by atoms with E-state index in [-0.39, 0.29) is 18.0 Å². The van der Waals surface area contributed by atoms with Crippen LogP contribution in [0.3, 0.4) is 0 Å². The summed E-state index contributed by atoms with van der Waals surface area (Å²) in [6, 6.07) is 0.405. The molecule has 0 aromatic carbocycles. The van der Waals surface area contributed by atoms with Gasteiger partial charge in [-0.3, -0.25) is 0 Å². The van der Waals surface area contributed by atoms with Gasteiger partial charge in [0, 0.05) is 6.54 Å². The third kappa shape index (κ3) is 5.30. The highest BCUT2D eigenvalue weighted by Gasteiger charge is 2.05. The van der Waals surface area contributed by atoms with Crippen molar-refractivity contribution in [2.45, 2.75) is 13.3 Å². The van der Waals surface area contributed by atoms with Gasteiger partial charge < -0.3 is 20.1 Å². The van der Waals surface area contributed by atoms with Crippen LogP contribution in [-0.2, 0) is 0 Å². The van der Waals surface area contributed by atoms with Crippen molar-refractivity contribution in [2.75, 3.05) is 39.6 Å². The van der Waals surface area contributed by atoms with Gasteiger partial charge in [-0.15, -0.1) is 4.98 Å². The van der Waals surface area contributed by atoms with Gasteiger partial charge >= 0.3 is 12.0 Å². The van der Waals surface area contributed by atoms with Crippen LogP contribution >= 0.6 is 0 Å². The Balaban J connectivity index is 2.46. The van der Waals surface area contributed by atoms with Crippen molar-refractivity contribution in [3.63, 3.8) is 0 Å². The molecule has 0 unspecified atom stereocenters. The van der Waals surface area contributed by atoms with Crippen molar-refractivity contribution in [1.82, 2.24) is 19.9 Å². The Bertz CT molecular complexity index is 345. The van der Waals surface area contributed by atoms with E-state index in [2.05, 4.69) is 19.9 Å². The second kappa shape index (κ2) is 6.85. The van der Waals surface area contributed by atoms with E-state index in [9.17, 15) is 0 Å². The fourth-order valence-electron chi connectivity index (χ4n) is 1.16. The first-order valence-electron chi connectivity index (χ1n) is 5.53. The summed E-state index contributed by atoms with van der Waals surface area (Å²) in [4.78, 5) is 13.8. The molecule has 1 aromatic rings. The van der Waals surface area contributed by atoms with Gasteiger partial charge in [-0.2, -0.15) is 9.97 Å². The molecule has 1 rings (SSSR count). The molecule has 96 valence electrons. The van der Waals surface area contributed by atoms with Crippen molar-refractivity contribution in [3.05, 3.63) is 0 Å². The van der Waals surface area contributed by atoms with E-state index in [0.717, 1.165) is 13.0 Å². The van der Waals surface area contributed by atoms with E-state index in [1.54, 1.807) is 0 Å². The third-order valence-corrected chi connectivity index (χ3v) is 1.87. The Morgan fingerprint density at radius 3 is 2.35 bits per heavy atom. The van der Waals surface area contributed by atoms with Crippen molar-refractivity contribution >= 4 is 5.95 Å². The standard InChI is InChI=1S/C10H19N5O2/c1-4-16-9-12-8(11)13-10(14-9)17-7-5-6-15(2)3/h4-7H2,1-3H3,(H2,11,12,13,14). The first kappa shape index (κ1) is 13.4. The summed E-state index contributed by atoms with van der Waals surface area (Å²) in [5, 5.41) is 0. The molecular weight excluding hydrogens is 222 g/mol. The van der Waals surface area contributed by atoms with E-state index in [1.165, 1.54) is 0 Å². The fraction of sp³-hybridized carbons (Fsp3) is 0.700. The molecule has 0 radical (unpaired) electrons. The lowest BCUT2D eigenvalue weighted by Crippen LogP contribution is -2.16. The maximum absolute atomic E-state index is 5.51. The Morgan fingerprint density at radius 1 is 1.12 bits per heavy atom. The highest BCUT2D eigenvalue weighted by molar-refractivity contribution is 5.20. The molecule has 0 saturated heterocycles. The summed E-state index contributed by atoms with van der Waals surface area (Å²) < 4.78 is 10.5. The van der Waals surface area contributed by atoms with Crippen LogP contribution in [0.4, 0.5) is 5.95 Å². The van der Waals surface area contributed by atoms with E-state index in [0.29, 0.717) is 13.2 Å². The zero-order chi connectivity index (χ0) is 12.7. The summed E-state index contributed by atoms with van der Waals surface area (Å²) in [7, 11) is 4.02. The third-order valence-electron chi connectivity index (χ3n) is 1.87. The molecule has 0 fully saturated rings. The van der Waals surface area contributed by atoms with E-state index in [4.69, 9.17) is 15.2 Å². The van der Waals surface area contributed by atoms with Crippen LogP contribution in [0.2, 0.25) is 0 Å². The zero-order valence-corrected chi connectivity index (χ0v) is 10.5. The number of aromatic nitrogens is 3. The molecule has 0 aliphatic rings. The number of ether oxygens (including phenoxy) is 2. The molecule has 0 aliphatic carbocycles. The van der Waals surface area contributed by atoms with Crippen LogP contribution in [0.1, 0.15) is 13.3 Å². The molecular formula is C10H19N5O2. The molecule has 0 bridgehead atoms. The predicted molar refractivity (Wildman–Crippen MR) is 64.1 cm³/mol. The minimum absolute atomic E-state index is 0.103. The molecule has 7 heteroatoms. The second-order valence-electron chi connectivity index (χ2n) is 3.70. The highest BCUT2D eigenvalue weighted by Crippen LogP contribution is 2.10. The summed E-state index contributed by atoms with van der Waals surface area (Å²) in [6.07, 6.45) is 0.891. The maximum atomic E-state index is 5.51. The van der Waals surface area contributed by atoms with Crippen LogP contribution in [-0.4, -0.2) is 53.7 Å². The minimum atomic E-state index is 0.103. The zero-order valence-electron chi connectivity index (χ0n) is 10.5. The highest BCUT2D eigenvalue weighted by atomic mass is 16.5. The summed E-state index contributed by atoms with van der Waals surface area (Å²) >= 11 is 0. The lowest BCUT2D eigenvalue weighted by atomic mass is 10.4. The molecule has 1 heterocycles. The molecule has 7 nitrogen and oxygen atoms in total. The Labute approximate surface area is 101 Å². The van der Waals surface area contributed by atoms with Crippen molar-refractivity contribution < 1.29 is 9.47 Å². The van der Waals surface area contributed by atoms with Crippen LogP contribution in [0.5, 0.6) is 12.0 Å². The minimum Gasteiger partial charge on any atom is -0.464 e. The quantitative estimate of drug-likeness (QED) is 0.681. The lowest BCUT2D eigenvalue weighted by molar-refractivity contribution is 0.252. The molecule has 0 atom stereocenters. The first-order valence-corrected chi connectivity index (χ1v) is 5.53. The van der Waals surface area contributed by atoms with E-state index in [1.807, 2.05) is 21.0 Å². The van der Waals surface area contributed by atoms with Crippen molar-refractivity contribution in [3.8, 4) is 12.0 Å². The SMILES string of the molecule is CCOc1nc(N)nc(OCCCN(C)C)n1. The number of hydrogen-bond acceptors (Lipinski definition) is 7. The molecule has 0 saturated carbocycles. The van der Waals surface area contributed by atoms with E-state index < -0.39 is 0 Å². The Kier molecular flexibility index (Phi) is 5.41. The monoisotopic (exact) mass is 241 g/mol. The average molecular weight is 241 g/mol. The van der Waals surface area contributed by atoms with Crippen molar-refractivity contribution in [2.24, 2.45) is 0 Å². The van der Waals surface area contributed by atoms with Gasteiger partial charge in [0.2, 0.25) is 5.95 Å². The van der Waals surface area contributed by atoms with Gasteiger partial charge in [0.15, 0.2) is 0 Å². The number of rotatable bonds is 7. The number of hydrogen-bond donors (Lipinski definition) is 1. The molecule has 0 aliphatic heterocycles. The van der Waals surface area contributed by atoms with Crippen LogP contribution in [0.25, 0.3) is 0 Å². The maximum Gasteiger partial charge on any atom is 0.324 e. The fourth-order valence-corrected chi connectivity index (χ4v) is 1.16. The molecule has 0 spiro atoms. The van der Waals surface area contributed by atoms with Gasteiger partial charge in [-0.25, -0.2) is 0 Å². The van der Waals surface area contributed by atoms with E-state index >= 15 is 0 Å². The molecule has 0 amide bonds. The first-order chi connectivity index (χ1) is 8.11. The Hall–Kier alpha value is -1.63. The smallest absolute Gasteiger partial charge is 0.324 e. The summed E-state index contributed by atoms with van der Waals surface area (Å²) in [5.74, 6) is 0.103. The van der Waals surface area contributed by atoms with Gasteiger partial charge in [0.1, 0.15) is 0 Å². The summed E-state index contributed by atoms with van der Waals surface area (Å²) in [6.45, 7) is 3.80. The topological polar surface area (TPSA) is 86.4 Å². The van der Waals surface area contributed by atoms with Crippen LogP contribution < -0.4 is 15.2 Å². The Morgan fingerprint density at radius 2 is 1.76 bits per heavy atom. The number of anilines is 1. The number of nitrogens with zero attached hydrogens (tertiary/aromatic N) is 4. The normalized spacial score (nSPS) is 10.6. The van der Waals surface area contributed by atoms with Crippen LogP contribution in [0, 0.1) is 0 Å². The average Bonchev–Trinajstić information content (AvgIpc) is 2.24. The second-order valence-corrected chi connectivity index (χ2v) is 3.70. The lowest BCUT2D eigenvalue weighted by Gasteiger charge is -2.09. The van der Waals surface area contributed by atoms with Gasteiger partial charge in [-0.05, 0) is 27.4 Å². The van der Waals surface area contributed by atoms with Crippen molar-refractivity contribution in [1.29, 1.82) is 0 Å². The molecule has 2 N–H and O–H groups in total. The van der Waals surface area contributed by atoms with Gasteiger partial charge in [0.25, 0.3) is 0 Å². The number of nitrogen functional groups attached to an aromatic ring is 1. The largest absolute Gasteiger partial charge is 0.464 e. The number of nitrogens with two attached hydrogens (primary N) is 1. The predicted octanol–water partition coefficient (Wildman–Crippen LogP) is 0.183. The van der Waals surface area contributed by atoms with Gasteiger partial charge in [0.05, 0.1) is 13.2 Å². The molecule has 17 heavy (non-hydrogen) atoms.